The maximum Gasteiger partial charge on any atom is 0.0509 e. The van der Waals surface area contributed by atoms with E-state index in [1.165, 1.54) is 37.8 Å². The first kappa shape index (κ1) is 11.7. The number of alkyl halides is 1. The van der Waals surface area contributed by atoms with Gasteiger partial charge in [-0.3, -0.25) is 4.98 Å². The maximum atomic E-state index is 5.95. The molecule has 3 heteroatoms. The summed E-state index contributed by atoms with van der Waals surface area (Å²) in [7, 11) is 2.18. The van der Waals surface area contributed by atoms with Crippen LogP contribution in [0.4, 0.5) is 5.69 Å². The Morgan fingerprint density at radius 1 is 1.38 bits per heavy atom. The highest BCUT2D eigenvalue weighted by molar-refractivity contribution is 6.17. The van der Waals surface area contributed by atoms with Crippen molar-refractivity contribution in [3.63, 3.8) is 0 Å². The molecule has 2 nitrogen and oxygen atoms in total. The van der Waals surface area contributed by atoms with Crippen LogP contribution in [0.1, 0.15) is 37.7 Å². The average Bonchev–Trinajstić information content (AvgIpc) is 2.39. The third-order valence-corrected chi connectivity index (χ3v) is 3.81. The molecule has 2 rings (SSSR count). The van der Waals surface area contributed by atoms with Crippen LogP contribution >= 0.6 is 11.6 Å². The van der Waals surface area contributed by atoms with E-state index in [1.54, 1.807) is 0 Å². The Labute approximate surface area is 103 Å². The van der Waals surface area contributed by atoms with E-state index in [-0.39, 0.29) is 0 Å². The molecule has 88 valence electrons. The van der Waals surface area contributed by atoms with Crippen molar-refractivity contribution in [3.05, 3.63) is 24.0 Å². The lowest BCUT2D eigenvalue weighted by Crippen LogP contribution is -2.33. The van der Waals surface area contributed by atoms with Gasteiger partial charge in [0.2, 0.25) is 0 Å². The third kappa shape index (κ3) is 2.49. The minimum Gasteiger partial charge on any atom is -0.371 e. The molecule has 0 bridgehead atoms. The fourth-order valence-electron chi connectivity index (χ4n) is 2.53. The number of aromatic nitrogens is 1. The van der Waals surface area contributed by atoms with Gasteiger partial charge in [0.1, 0.15) is 0 Å². The Hall–Kier alpha value is -0.760. The number of rotatable bonds is 3. The first-order chi connectivity index (χ1) is 7.83. The molecule has 16 heavy (non-hydrogen) atoms. The summed E-state index contributed by atoms with van der Waals surface area (Å²) < 4.78 is 0. The minimum absolute atomic E-state index is 0.542. The summed E-state index contributed by atoms with van der Waals surface area (Å²) in [6, 6.07) is 2.75. The zero-order valence-electron chi connectivity index (χ0n) is 9.82. The summed E-state index contributed by atoms with van der Waals surface area (Å²) >= 11 is 5.95. The first-order valence-electron chi connectivity index (χ1n) is 6.04. The van der Waals surface area contributed by atoms with Gasteiger partial charge < -0.3 is 4.90 Å². The van der Waals surface area contributed by atoms with Gasteiger partial charge in [0.15, 0.2) is 0 Å². The van der Waals surface area contributed by atoms with E-state index in [0.717, 1.165) is 5.56 Å². The molecule has 0 aliphatic heterocycles. The molecule has 1 saturated carbocycles. The van der Waals surface area contributed by atoms with Gasteiger partial charge in [-0.1, -0.05) is 19.3 Å². The maximum absolute atomic E-state index is 5.95. The van der Waals surface area contributed by atoms with Gasteiger partial charge in [-0.15, -0.1) is 11.6 Å². The summed E-state index contributed by atoms with van der Waals surface area (Å²) in [5.41, 5.74) is 2.38. The van der Waals surface area contributed by atoms with Crippen molar-refractivity contribution in [1.29, 1.82) is 0 Å². The smallest absolute Gasteiger partial charge is 0.0509 e. The van der Waals surface area contributed by atoms with E-state index in [1.807, 2.05) is 12.4 Å². The monoisotopic (exact) mass is 238 g/mol. The van der Waals surface area contributed by atoms with E-state index in [0.29, 0.717) is 11.9 Å². The largest absolute Gasteiger partial charge is 0.371 e. The molecule has 0 N–H and O–H groups in total. The zero-order chi connectivity index (χ0) is 11.4. The summed E-state index contributed by atoms with van der Waals surface area (Å²) in [4.78, 5) is 6.52. The topological polar surface area (TPSA) is 16.1 Å². The quantitative estimate of drug-likeness (QED) is 0.749. The molecule has 0 saturated heterocycles. The van der Waals surface area contributed by atoms with Crippen molar-refractivity contribution in [2.45, 2.75) is 44.0 Å². The Kier molecular flexibility index (Phi) is 4.05. The SMILES string of the molecule is CN(c1ccncc1CCl)C1CCCCC1. The van der Waals surface area contributed by atoms with Crippen LogP contribution in [0.15, 0.2) is 18.5 Å². The number of anilines is 1. The van der Waals surface area contributed by atoms with Crippen LogP contribution in [-0.2, 0) is 5.88 Å². The lowest BCUT2D eigenvalue weighted by Gasteiger charge is -2.33. The van der Waals surface area contributed by atoms with Gasteiger partial charge in [0.05, 0.1) is 5.88 Å². The first-order valence-corrected chi connectivity index (χ1v) is 6.58. The second-order valence-electron chi connectivity index (χ2n) is 4.54. The third-order valence-electron chi connectivity index (χ3n) is 3.52. The molecule has 0 aromatic carbocycles. The summed E-state index contributed by atoms with van der Waals surface area (Å²) in [6.07, 6.45) is 10.4. The Morgan fingerprint density at radius 3 is 2.81 bits per heavy atom. The van der Waals surface area contributed by atoms with Crippen molar-refractivity contribution in [2.75, 3.05) is 11.9 Å². The number of nitrogens with zero attached hydrogens (tertiary/aromatic N) is 2. The Bertz CT molecular complexity index is 334. The van der Waals surface area contributed by atoms with Gasteiger partial charge in [-0.2, -0.15) is 0 Å². The fraction of sp³-hybridized carbons (Fsp3) is 0.615. The fourth-order valence-corrected chi connectivity index (χ4v) is 2.74. The van der Waals surface area contributed by atoms with Gasteiger partial charge in [0.25, 0.3) is 0 Å². The molecular formula is C13H19ClN2. The van der Waals surface area contributed by atoms with Gasteiger partial charge in [-0.05, 0) is 18.9 Å². The molecule has 0 atom stereocenters. The standard InChI is InChI=1S/C13H19ClN2/c1-16(12-5-3-2-4-6-12)13-7-8-15-10-11(13)9-14/h7-8,10,12H,2-6,9H2,1H3. The van der Waals surface area contributed by atoms with Crippen LogP contribution in [0, 0.1) is 0 Å². The summed E-state index contributed by atoms with van der Waals surface area (Å²) in [5, 5.41) is 0. The number of halogens is 1. The van der Waals surface area contributed by atoms with Crippen molar-refractivity contribution in [1.82, 2.24) is 4.98 Å². The normalized spacial score (nSPS) is 17.4. The molecule has 0 spiro atoms. The van der Waals surface area contributed by atoms with Crippen LogP contribution in [0.3, 0.4) is 0 Å². The zero-order valence-corrected chi connectivity index (χ0v) is 10.6. The van der Waals surface area contributed by atoms with Gasteiger partial charge >= 0.3 is 0 Å². The predicted molar refractivity (Wildman–Crippen MR) is 69.1 cm³/mol. The van der Waals surface area contributed by atoms with E-state index in [4.69, 9.17) is 11.6 Å². The molecule has 0 amide bonds. The highest BCUT2D eigenvalue weighted by Gasteiger charge is 2.19. The molecule has 1 heterocycles. The van der Waals surface area contributed by atoms with E-state index >= 15 is 0 Å². The summed E-state index contributed by atoms with van der Waals surface area (Å²) in [6.45, 7) is 0. The van der Waals surface area contributed by atoms with E-state index in [2.05, 4.69) is 23.0 Å². The van der Waals surface area contributed by atoms with Gasteiger partial charge in [-0.25, -0.2) is 0 Å². The van der Waals surface area contributed by atoms with E-state index < -0.39 is 0 Å². The summed E-state index contributed by atoms with van der Waals surface area (Å²) in [5.74, 6) is 0.542. The Morgan fingerprint density at radius 2 is 2.12 bits per heavy atom. The highest BCUT2D eigenvalue weighted by Crippen LogP contribution is 2.28. The van der Waals surface area contributed by atoms with Crippen LogP contribution in [0.5, 0.6) is 0 Å². The van der Waals surface area contributed by atoms with Crippen molar-refractivity contribution in [3.8, 4) is 0 Å². The predicted octanol–water partition coefficient (Wildman–Crippen LogP) is 3.59. The molecular weight excluding hydrogens is 220 g/mol. The highest BCUT2D eigenvalue weighted by atomic mass is 35.5. The minimum atomic E-state index is 0.542. The second-order valence-corrected chi connectivity index (χ2v) is 4.81. The average molecular weight is 239 g/mol. The van der Waals surface area contributed by atoms with Crippen LogP contribution in [0.25, 0.3) is 0 Å². The van der Waals surface area contributed by atoms with Crippen LogP contribution in [-0.4, -0.2) is 18.1 Å². The number of hydrogen-bond acceptors (Lipinski definition) is 2. The molecule has 1 aliphatic rings. The number of hydrogen-bond donors (Lipinski definition) is 0. The number of pyridine rings is 1. The Balaban J connectivity index is 2.15. The van der Waals surface area contributed by atoms with E-state index in [9.17, 15) is 0 Å². The lowest BCUT2D eigenvalue weighted by molar-refractivity contribution is 0.427. The van der Waals surface area contributed by atoms with Crippen molar-refractivity contribution in [2.24, 2.45) is 0 Å². The van der Waals surface area contributed by atoms with Crippen molar-refractivity contribution >= 4 is 17.3 Å². The van der Waals surface area contributed by atoms with Crippen LogP contribution in [0.2, 0.25) is 0 Å². The molecule has 0 unspecified atom stereocenters. The molecule has 1 fully saturated rings. The molecule has 0 radical (unpaired) electrons. The van der Waals surface area contributed by atoms with Crippen molar-refractivity contribution < 1.29 is 0 Å². The second kappa shape index (κ2) is 5.53. The van der Waals surface area contributed by atoms with Crippen LogP contribution < -0.4 is 4.90 Å². The van der Waals surface area contributed by atoms with Gasteiger partial charge in [0, 0.05) is 36.7 Å². The molecule has 1 aromatic heterocycles. The molecule has 1 aliphatic carbocycles. The lowest BCUT2D eigenvalue weighted by atomic mass is 9.94. The molecule has 1 aromatic rings.